The Balaban J connectivity index is 3.10. The molecule has 1 amide bonds. The Morgan fingerprint density at radius 2 is 2.31 bits per heavy atom. The van der Waals surface area contributed by atoms with Crippen molar-refractivity contribution in [2.75, 3.05) is 7.11 Å². The fourth-order valence-corrected chi connectivity index (χ4v) is 2.31. The molecule has 1 aliphatic rings. The zero-order valence-corrected chi connectivity index (χ0v) is 10.9. The molecule has 0 aromatic carbocycles. The molecule has 0 saturated carbocycles. The molecule has 2 unspecified atom stereocenters. The quantitative estimate of drug-likeness (QED) is 0.563. The zero-order chi connectivity index (χ0) is 12.3. The van der Waals surface area contributed by atoms with E-state index in [0.29, 0.717) is 0 Å². The van der Waals surface area contributed by atoms with Gasteiger partial charge in [0, 0.05) is 6.92 Å². The minimum atomic E-state index is -0.623. The van der Waals surface area contributed by atoms with Crippen LogP contribution in [-0.2, 0) is 9.63 Å². The van der Waals surface area contributed by atoms with Gasteiger partial charge in [-0.3, -0.25) is 9.63 Å². The Hall–Kier alpha value is -0.800. The number of allylic oxidation sites excluding steroid dienone is 2. The Morgan fingerprint density at radius 1 is 1.69 bits per heavy atom. The summed E-state index contributed by atoms with van der Waals surface area (Å²) in [5, 5.41) is 1.34. The maximum atomic E-state index is 11.5. The lowest BCUT2D eigenvalue weighted by Crippen LogP contribution is -2.50. The molecule has 16 heavy (non-hydrogen) atoms. The number of hydrogen-bond donors (Lipinski definition) is 0. The number of amides is 1. The van der Waals surface area contributed by atoms with Crippen LogP contribution in [0.1, 0.15) is 27.2 Å². The van der Waals surface area contributed by atoms with Crippen LogP contribution in [0.4, 0.5) is 0 Å². The number of alkyl halides is 1. The first-order valence-corrected chi connectivity index (χ1v) is 5.73. The highest BCUT2D eigenvalue weighted by Crippen LogP contribution is 2.35. The highest BCUT2D eigenvalue weighted by atomic mass is 35.5. The number of halogens is 1. The molecule has 0 aromatic rings. The average molecular weight is 244 g/mol. The number of rotatable bonds is 3. The summed E-state index contributed by atoms with van der Waals surface area (Å²) in [6.45, 7) is 5.40. The molecule has 0 fully saturated rings. The van der Waals surface area contributed by atoms with E-state index in [9.17, 15) is 4.79 Å². The molecule has 2 atom stereocenters. The molecule has 0 heterocycles. The fourth-order valence-electron chi connectivity index (χ4n) is 2.01. The highest BCUT2D eigenvalue weighted by Gasteiger charge is 2.39. The SMILES string of the molecule is CCC1=CC=CC(C)(Cl)C1N(OC)C(C)=O. The van der Waals surface area contributed by atoms with Gasteiger partial charge < -0.3 is 0 Å². The molecule has 1 rings (SSSR count). The summed E-state index contributed by atoms with van der Waals surface area (Å²) >= 11 is 6.43. The Morgan fingerprint density at radius 3 is 2.75 bits per heavy atom. The second-order valence-corrected chi connectivity index (χ2v) is 4.85. The number of hydrogen-bond acceptors (Lipinski definition) is 2. The van der Waals surface area contributed by atoms with E-state index in [1.165, 1.54) is 19.1 Å². The van der Waals surface area contributed by atoms with Gasteiger partial charge in [0.05, 0.1) is 12.0 Å². The monoisotopic (exact) mass is 243 g/mol. The van der Waals surface area contributed by atoms with Gasteiger partial charge in [0.25, 0.3) is 0 Å². The molecule has 0 saturated heterocycles. The summed E-state index contributed by atoms with van der Waals surface area (Å²) in [5.74, 6) is -0.144. The normalized spacial score (nSPS) is 28.8. The Bertz CT molecular complexity index is 334. The van der Waals surface area contributed by atoms with Gasteiger partial charge in [-0.1, -0.05) is 25.2 Å². The van der Waals surface area contributed by atoms with Crippen LogP contribution in [0, 0.1) is 0 Å². The molecule has 0 aliphatic heterocycles. The molecule has 0 N–H and O–H groups in total. The van der Waals surface area contributed by atoms with Gasteiger partial charge in [-0.2, -0.15) is 0 Å². The summed E-state index contributed by atoms with van der Waals surface area (Å²) in [7, 11) is 1.49. The van der Waals surface area contributed by atoms with Crippen molar-refractivity contribution in [1.29, 1.82) is 0 Å². The Kier molecular flexibility index (Phi) is 4.16. The highest BCUT2D eigenvalue weighted by molar-refractivity contribution is 6.26. The maximum absolute atomic E-state index is 11.5. The molecule has 1 aliphatic carbocycles. The van der Waals surface area contributed by atoms with Gasteiger partial charge in [0.15, 0.2) is 0 Å². The summed E-state index contributed by atoms with van der Waals surface area (Å²) in [5.41, 5.74) is 1.09. The third-order valence-electron chi connectivity index (χ3n) is 2.77. The summed E-state index contributed by atoms with van der Waals surface area (Å²) < 4.78 is 0. The third kappa shape index (κ3) is 2.47. The average Bonchev–Trinajstić information content (AvgIpc) is 2.20. The van der Waals surface area contributed by atoms with E-state index in [0.717, 1.165) is 12.0 Å². The summed E-state index contributed by atoms with van der Waals surface area (Å²) in [6.07, 6.45) is 6.64. The van der Waals surface area contributed by atoms with E-state index in [-0.39, 0.29) is 11.9 Å². The fraction of sp³-hybridized carbons (Fsp3) is 0.583. The standard InChI is InChI=1S/C12H18ClNO2/c1-5-10-7-6-8-12(3,13)11(10)14(16-4)9(2)15/h6-8,11H,5H2,1-4H3. The van der Waals surface area contributed by atoms with Gasteiger partial charge in [-0.25, -0.2) is 5.06 Å². The number of hydroxylamine groups is 2. The van der Waals surface area contributed by atoms with Crippen LogP contribution >= 0.6 is 11.6 Å². The van der Waals surface area contributed by atoms with Crippen molar-refractivity contribution < 1.29 is 9.63 Å². The van der Waals surface area contributed by atoms with Crippen molar-refractivity contribution in [3.05, 3.63) is 23.8 Å². The van der Waals surface area contributed by atoms with E-state index in [1.54, 1.807) is 0 Å². The Labute approximate surface area is 102 Å². The molecule has 0 aromatic heterocycles. The van der Waals surface area contributed by atoms with Gasteiger partial charge >= 0.3 is 0 Å². The van der Waals surface area contributed by atoms with Crippen LogP contribution in [0.5, 0.6) is 0 Å². The van der Waals surface area contributed by atoms with Crippen LogP contribution in [0.2, 0.25) is 0 Å². The van der Waals surface area contributed by atoms with E-state index in [2.05, 4.69) is 0 Å². The first-order valence-electron chi connectivity index (χ1n) is 5.35. The molecule has 4 heteroatoms. The largest absolute Gasteiger partial charge is 0.274 e. The van der Waals surface area contributed by atoms with Crippen LogP contribution in [-0.4, -0.2) is 29.0 Å². The summed E-state index contributed by atoms with van der Waals surface area (Å²) in [6, 6.07) is -0.244. The second kappa shape index (κ2) is 5.02. The minimum Gasteiger partial charge on any atom is -0.274 e. The minimum absolute atomic E-state index is 0.144. The molecule has 3 nitrogen and oxygen atoms in total. The van der Waals surface area contributed by atoms with Gasteiger partial charge in [0.2, 0.25) is 5.91 Å². The van der Waals surface area contributed by atoms with Crippen molar-refractivity contribution in [3.8, 4) is 0 Å². The summed E-state index contributed by atoms with van der Waals surface area (Å²) in [4.78, 5) is 16.0. The lowest BCUT2D eigenvalue weighted by atomic mass is 9.87. The maximum Gasteiger partial charge on any atom is 0.243 e. The predicted molar refractivity (Wildman–Crippen MR) is 65.1 cm³/mol. The number of nitrogens with zero attached hydrogens (tertiary/aromatic N) is 1. The van der Waals surface area contributed by atoms with E-state index in [4.69, 9.17) is 16.4 Å². The molecule has 0 bridgehead atoms. The van der Waals surface area contributed by atoms with Crippen LogP contribution in [0.3, 0.4) is 0 Å². The number of carbonyl (C=O) groups excluding carboxylic acids is 1. The van der Waals surface area contributed by atoms with Gasteiger partial charge in [0.1, 0.15) is 6.04 Å². The second-order valence-electron chi connectivity index (χ2n) is 4.04. The third-order valence-corrected chi connectivity index (χ3v) is 3.10. The first kappa shape index (κ1) is 13.3. The number of carbonyl (C=O) groups is 1. The van der Waals surface area contributed by atoms with E-state index in [1.807, 2.05) is 32.1 Å². The van der Waals surface area contributed by atoms with Crippen LogP contribution < -0.4 is 0 Å². The molecule has 90 valence electrons. The smallest absolute Gasteiger partial charge is 0.243 e. The van der Waals surface area contributed by atoms with Crippen LogP contribution in [0.15, 0.2) is 23.8 Å². The molecule has 0 radical (unpaired) electrons. The lowest BCUT2D eigenvalue weighted by Gasteiger charge is -2.39. The van der Waals surface area contributed by atoms with Gasteiger partial charge in [-0.15, -0.1) is 11.6 Å². The lowest BCUT2D eigenvalue weighted by molar-refractivity contribution is -0.184. The van der Waals surface area contributed by atoms with E-state index >= 15 is 0 Å². The van der Waals surface area contributed by atoms with Crippen molar-refractivity contribution in [1.82, 2.24) is 5.06 Å². The topological polar surface area (TPSA) is 29.5 Å². The predicted octanol–water partition coefficient (Wildman–Crippen LogP) is 2.67. The van der Waals surface area contributed by atoms with Crippen molar-refractivity contribution in [2.24, 2.45) is 0 Å². The van der Waals surface area contributed by atoms with Gasteiger partial charge in [-0.05, 0) is 18.9 Å². The van der Waals surface area contributed by atoms with Crippen molar-refractivity contribution in [2.45, 2.75) is 38.1 Å². The van der Waals surface area contributed by atoms with E-state index < -0.39 is 4.87 Å². The van der Waals surface area contributed by atoms with Crippen molar-refractivity contribution >= 4 is 17.5 Å². The van der Waals surface area contributed by atoms with Crippen LogP contribution in [0.25, 0.3) is 0 Å². The first-order chi connectivity index (χ1) is 7.44. The molecule has 0 spiro atoms. The molecular formula is C12H18ClNO2. The zero-order valence-electron chi connectivity index (χ0n) is 10.2. The molecular weight excluding hydrogens is 226 g/mol. The van der Waals surface area contributed by atoms with Crippen molar-refractivity contribution in [3.63, 3.8) is 0 Å².